The lowest BCUT2D eigenvalue weighted by atomic mass is 10.3. The molecule has 0 atom stereocenters. The van der Waals surface area contributed by atoms with Gasteiger partial charge in [0, 0.05) is 26.2 Å². The van der Waals surface area contributed by atoms with Crippen LogP contribution in [-0.2, 0) is 0 Å². The first-order valence-electron chi connectivity index (χ1n) is 5.57. The van der Waals surface area contributed by atoms with Crippen LogP contribution in [0.5, 0.6) is 0 Å². The zero-order valence-corrected chi connectivity index (χ0v) is 8.81. The molecule has 2 N–H and O–H groups in total. The molecule has 0 saturated carbocycles. The van der Waals surface area contributed by atoms with Crippen LogP contribution in [0, 0.1) is 0 Å². The van der Waals surface area contributed by atoms with Gasteiger partial charge in [0.2, 0.25) is 0 Å². The second-order valence-corrected chi connectivity index (χ2v) is 3.70. The zero-order valence-electron chi connectivity index (χ0n) is 8.81. The molecule has 3 heteroatoms. The molecule has 78 valence electrons. The van der Waals surface area contributed by atoms with Crippen molar-refractivity contribution in [1.82, 2.24) is 15.5 Å². The minimum atomic E-state index is 1.17. The lowest BCUT2D eigenvalue weighted by Crippen LogP contribution is -2.44. The Morgan fingerprint density at radius 2 is 2.00 bits per heavy atom. The molecule has 1 fully saturated rings. The zero-order chi connectivity index (χ0) is 9.36. The van der Waals surface area contributed by atoms with Crippen molar-refractivity contribution in [2.24, 2.45) is 0 Å². The molecule has 3 nitrogen and oxygen atoms in total. The summed E-state index contributed by atoms with van der Waals surface area (Å²) in [6.45, 7) is 10.6. The van der Waals surface area contributed by atoms with E-state index >= 15 is 0 Å². The van der Waals surface area contributed by atoms with E-state index in [1.54, 1.807) is 0 Å². The molecule has 1 rings (SSSR count). The number of rotatable bonds is 6. The van der Waals surface area contributed by atoms with Gasteiger partial charge in [0.25, 0.3) is 0 Å². The summed E-state index contributed by atoms with van der Waals surface area (Å²) in [5.74, 6) is 0. The fourth-order valence-electron chi connectivity index (χ4n) is 1.66. The number of nitrogens with one attached hydrogen (secondary N) is 2. The van der Waals surface area contributed by atoms with E-state index in [2.05, 4.69) is 22.5 Å². The topological polar surface area (TPSA) is 27.3 Å². The Balaban J connectivity index is 1.86. The Labute approximate surface area is 81.9 Å². The Bertz CT molecular complexity index is 111. The predicted octanol–water partition coefficient (Wildman–Crippen LogP) is 0.281. The van der Waals surface area contributed by atoms with Crippen LogP contribution in [0.3, 0.4) is 0 Å². The van der Waals surface area contributed by atoms with Crippen LogP contribution in [0.2, 0.25) is 0 Å². The van der Waals surface area contributed by atoms with Crippen LogP contribution < -0.4 is 10.6 Å². The molecule has 0 bridgehead atoms. The molecule has 1 aliphatic rings. The molecule has 0 spiro atoms. The average Bonchev–Trinajstić information content (AvgIpc) is 2.19. The van der Waals surface area contributed by atoms with Crippen molar-refractivity contribution in [1.29, 1.82) is 0 Å². The fraction of sp³-hybridized carbons (Fsp3) is 1.00. The highest BCUT2D eigenvalue weighted by Gasteiger charge is 2.07. The van der Waals surface area contributed by atoms with Gasteiger partial charge in [-0.3, -0.25) is 0 Å². The normalized spacial score (nSPS) is 19.2. The molecule has 0 aromatic carbocycles. The van der Waals surface area contributed by atoms with Gasteiger partial charge in [-0.2, -0.15) is 0 Å². The fourth-order valence-corrected chi connectivity index (χ4v) is 1.66. The van der Waals surface area contributed by atoms with Crippen LogP contribution in [-0.4, -0.2) is 50.7 Å². The molecule has 0 amide bonds. The molecule has 0 aliphatic carbocycles. The van der Waals surface area contributed by atoms with E-state index in [1.807, 2.05) is 0 Å². The third kappa shape index (κ3) is 5.24. The highest BCUT2D eigenvalue weighted by molar-refractivity contribution is 4.67. The summed E-state index contributed by atoms with van der Waals surface area (Å²) in [4.78, 5) is 2.55. The summed E-state index contributed by atoms with van der Waals surface area (Å²) in [5.41, 5.74) is 0. The van der Waals surface area contributed by atoms with E-state index in [0.717, 1.165) is 0 Å². The van der Waals surface area contributed by atoms with E-state index in [9.17, 15) is 0 Å². The van der Waals surface area contributed by atoms with Crippen LogP contribution in [0.1, 0.15) is 19.8 Å². The SMILES string of the molecule is CCCNCCCN1CCNCC1. The molecule has 1 saturated heterocycles. The Kier molecular flexibility index (Phi) is 6.15. The first-order valence-corrected chi connectivity index (χ1v) is 5.57. The number of nitrogens with zero attached hydrogens (tertiary/aromatic N) is 1. The monoisotopic (exact) mass is 185 g/mol. The average molecular weight is 185 g/mol. The van der Waals surface area contributed by atoms with Crippen molar-refractivity contribution in [2.45, 2.75) is 19.8 Å². The van der Waals surface area contributed by atoms with Crippen LogP contribution >= 0.6 is 0 Å². The summed E-state index contributed by atoms with van der Waals surface area (Å²) in [5, 5.41) is 6.80. The van der Waals surface area contributed by atoms with Gasteiger partial charge in [0.15, 0.2) is 0 Å². The molecule has 1 heterocycles. The molecule has 1 aliphatic heterocycles. The summed E-state index contributed by atoms with van der Waals surface area (Å²) in [7, 11) is 0. The predicted molar refractivity (Wildman–Crippen MR) is 57.1 cm³/mol. The molecule has 0 aromatic rings. The molecule has 0 radical (unpaired) electrons. The summed E-state index contributed by atoms with van der Waals surface area (Å²) >= 11 is 0. The van der Waals surface area contributed by atoms with Crippen molar-refractivity contribution in [3.63, 3.8) is 0 Å². The van der Waals surface area contributed by atoms with Crippen LogP contribution in [0.4, 0.5) is 0 Å². The maximum atomic E-state index is 3.43. The molecule has 0 unspecified atom stereocenters. The summed E-state index contributed by atoms with van der Waals surface area (Å²) in [6.07, 6.45) is 2.54. The van der Waals surface area contributed by atoms with E-state index < -0.39 is 0 Å². The maximum Gasteiger partial charge on any atom is 0.0107 e. The number of hydrogen-bond acceptors (Lipinski definition) is 3. The Hall–Kier alpha value is -0.120. The van der Waals surface area contributed by atoms with Crippen molar-refractivity contribution < 1.29 is 0 Å². The van der Waals surface area contributed by atoms with Gasteiger partial charge >= 0.3 is 0 Å². The van der Waals surface area contributed by atoms with Gasteiger partial charge in [-0.15, -0.1) is 0 Å². The minimum absolute atomic E-state index is 1.17. The molecule has 13 heavy (non-hydrogen) atoms. The van der Waals surface area contributed by atoms with Gasteiger partial charge in [-0.05, 0) is 32.5 Å². The minimum Gasteiger partial charge on any atom is -0.317 e. The van der Waals surface area contributed by atoms with Gasteiger partial charge < -0.3 is 15.5 Å². The Morgan fingerprint density at radius 3 is 2.69 bits per heavy atom. The lowest BCUT2D eigenvalue weighted by molar-refractivity contribution is 0.238. The second kappa shape index (κ2) is 7.30. The van der Waals surface area contributed by atoms with Crippen LogP contribution in [0.15, 0.2) is 0 Å². The number of piperazine rings is 1. The quantitative estimate of drug-likeness (QED) is 0.582. The first-order chi connectivity index (χ1) is 6.43. The smallest absolute Gasteiger partial charge is 0.0107 e. The van der Waals surface area contributed by atoms with E-state index in [-0.39, 0.29) is 0 Å². The Morgan fingerprint density at radius 1 is 1.23 bits per heavy atom. The summed E-state index contributed by atoms with van der Waals surface area (Å²) in [6, 6.07) is 0. The molecular weight excluding hydrogens is 162 g/mol. The van der Waals surface area contributed by atoms with Crippen LogP contribution in [0.25, 0.3) is 0 Å². The molecular formula is C10H23N3. The van der Waals surface area contributed by atoms with Crippen molar-refractivity contribution in [2.75, 3.05) is 45.8 Å². The van der Waals surface area contributed by atoms with Gasteiger partial charge in [-0.1, -0.05) is 6.92 Å². The lowest BCUT2D eigenvalue weighted by Gasteiger charge is -2.27. The van der Waals surface area contributed by atoms with Crippen molar-refractivity contribution >= 4 is 0 Å². The number of hydrogen-bond donors (Lipinski definition) is 2. The van der Waals surface area contributed by atoms with Gasteiger partial charge in [0.05, 0.1) is 0 Å². The third-order valence-corrected chi connectivity index (χ3v) is 2.46. The highest BCUT2D eigenvalue weighted by atomic mass is 15.2. The van der Waals surface area contributed by atoms with Gasteiger partial charge in [0.1, 0.15) is 0 Å². The first kappa shape index (κ1) is 11.0. The standard InChI is InChI=1S/C10H23N3/c1-2-4-11-5-3-8-13-9-6-12-7-10-13/h11-12H,2-10H2,1H3. The summed E-state index contributed by atoms with van der Waals surface area (Å²) < 4.78 is 0. The van der Waals surface area contributed by atoms with Gasteiger partial charge in [-0.25, -0.2) is 0 Å². The maximum absolute atomic E-state index is 3.43. The largest absolute Gasteiger partial charge is 0.317 e. The van der Waals surface area contributed by atoms with E-state index in [1.165, 1.54) is 58.7 Å². The third-order valence-electron chi connectivity index (χ3n) is 2.46. The second-order valence-electron chi connectivity index (χ2n) is 3.70. The van der Waals surface area contributed by atoms with E-state index in [0.29, 0.717) is 0 Å². The van der Waals surface area contributed by atoms with Crippen molar-refractivity contribution in [3.8, 4) is 0 Å². The van der Waals surface area contributed by atoms with E-state index in [4.69, 9.17) is 0 Å². The highest BCUT2D eigenvalue weighted by Crippen LogP contribution is 1.93. The molecule has 0 aromatic heterocycles. The van der Waals surface area contributed by atoms with Crippen molar-refractivity contribution in [3.05, 3.63) is 0 Å².